The van der Waals surface area contributed by atoms with Gasteiger partial charge in [0.25, 0.3) is 0 Å². The molecule has 0 radical (unpaired) electrons. The predicted octanol–water partition coefficient (Wildman–Crippen LogP) is 3.28. The number of nitrogens with zero attached hydrogens (tertiary/aromatic N) is 1. The number of nitrogen functional groups attached to an aromatic ring is 1. The maximum Gasteiger partial charge on any atom is 0.125 e. The van der Waals surface area contributed by atoms with E-state index in [9.17, 15) is 0 Å². The predicted molar refractivity (Wildman–Crippen MR) is 73.5 cm³/mol. The molecule has 86 valence electrons. The molecule has 1 heterocycles. The van der Waals surface area contributed by atoms with Gasteiger partial charge in [-0.1, -0.05) is 27.7 Å². The summed E-state index contributed by atoms with van der Waals surface area (Å²) in [4.78, 5) is 5.31. The Bertz CT molecular complexity index is 540. The first-order valence-electron chi connectivity index (χ1n) is 4.89. The number of benzene rings is 1. The van der Waals surface area contributed by atoms with Gasteiger partial charge >= 0.3 is 0 Å². The van der Waals surface area contributed by atoms with E-state index in [1.807, 2.05) is 24.3 Å². The van der Waals surface area contributed by atoms with Crippen LogP contribution in [0.2, 0.25) is 0 Å². The average molecular weight is 308 g/mol. The van der Waals surface area contributed by atoms with Crippen molar-refractivity contribution in [2.75, 3.05) is 0 Å². The van der Waals surface area contributed by atoms with E-state index in [1.54, 1.807) is 18.3 Å². The van der Waals surface area contributed by atoms with Crippen LogP contribution in [0.5, 0.6) is 0 Å². The summed E-state index contributed by atoms with van der Waals surface area (Å²) in [5, 5.41) is 8.25. The Balaban J connectivity index is 2.30. The van der Waals surface area contributed by atoms with E-state index in [-0.39, 0.29) is 5.84 Å². The summed E-state index contributed by atoms with van der Waals surface area (Å²) >= 11 is 4.89. The zero-order valence-corrected chi connectivity index (χ0v) is 11.3. The van der Waals surface area contributed by atoms with Gasteiger partial charge in [0.2, 0.25) is 0 Å². The minimum atomic E-state index is 0.0395. The lowest BCUT2D eigenvalue weighted by Crippen LogP contribution is -2.12. The van der Waals surface area contributed by atoms with Gasteiger partial charge in [0.15, 0.2) is 0 Å². The summed E-state index contributed by atoms with van der Waals surface area (Å²) in [5.74, 6) is 0.0395. The van der Waals surface area contributed by atoms with Crippen LogP contribution in [0, 0.1) is 5.41 Å². The minimum Gasteiger partial charge on any atom is -0.384 e. The summed E-state index contributed by atoms with van der Waals surface area (Å²) < 4.78 is 1.04. The van der Waals surface area contributed by atoms with Crippen molar-refractivity contribution in [2.24, 2.45) is 5.73 Å². The molecular weight excluding hydrogens is 298 g/mol. The van der Waals surface area contributed by atoms with Crippen molar-refractivity contribution in [1.29, 1.82) is 5.41 Å². The maximum absolute atomic E-state index is 7.49. The van der Waals surface area contributed by atoms with Gasteiger partial charge < -0.3 is 5.73 Å². The highest BCUT2D eigenvalue weighted by atomic mass is 79.9. The van der Waals surface area contributed by atoms with Crippen LogP contribution in [0.1, 0.15) is 5.56 Å². The van der Waals surface area contributed by atoms with E-state index in [0.29, 0.717) is 5.56 Å². The highest BCUT2D eigenvalue weighted by molar-refractivity contribution is 9.10. The largest absolute Gasteiger partial charge is 0.384 e. The van der Waals surface area contributed by atoms with Crippen LogP contribution in [0.3, 0.4) is 0 Å². The molecule has 0 aliphatic carbocycles. The second-order valence-corrected chi connectivity index (χ2v) is 5.30. The first kappa shape index (κ1) is 12.1. The van der Waals surface area contributed by atoms with Crippen molar-refractivity contribution in [2.45, 2.75) is 9.92 Å². The van der Waals surface area contributed by atoms with Crippen molar-refractivity contribution in [3.8, 4) is 0 Å². The molecule has 1 aromatic carbocycles. The molecule has 5 heteroatoms. The van der Waals surface area contributed by atoms with Gasteiger partial charge in [0.1, 0.15) is 10.9 Å². The van der Waals surface area contributed by atoms with Gasteiger partial charge in [-0.3, -0.25) is 5.41 Å². The molecule has 3 N–H and O–H groups in total. The third-order valence-electron chi connectivity index (χ3n) is 2.09. The van der Waals surface area contributed by atoms with Gasteiger partial charge in [-0.2, -0.15) is 0 Å². The molecule has 2 rings (SSSR count). The molecule has 0 unspecified atom stereocenters. The van der Waals surface area contributed by atoms with E-state index in [4.69, 9.17) is 11.1 Å². The van der Waals surface area contributed by atoms with Gasteiger partial charge in [-0.15, -0.1) is 0 Å². The smallest absolute Gasteiger partial charge is 0.125 e. The molecule has 0 bridgehead atoms. The number of amidine groups is 1. The molecule has 3 nitrogen and oxygen atoms in total. The van der Waals surface area contributed by atoms with Crippen molar-refractivity contribution < 1.29 is 0 Å². The molecule has 0 fully saturated rings. The molecule has 0 atom stereocenters. The highest BCUT2D eigenvalue weighted by Gasteiger charge is 2.07. The Morgan fingerprint density at radius 3 is 2.59 bits per heavy atom. The van der Waals surface area contributed by atoms with E-state index < -0.39 is 0 Å². The van der Waals surface area contributed by atoms with E-state index in [2.05, 4.69) is 20.9 Å². The average Bonchev–Trinajstić information content (AvgIpc) is 2.32. The lowest BCUT2D eigenvalue weighted by Gasteiger charge is -2.06. The summed E-state index contributed by atoms with van der Waals surface area (Å²) in [7, 11) is 0. The Hall–Kier alpha value is -1.33. The van der Waals surface area contributed by atoms with Crippen molar-refractivity contribution >= 4 is 33.5 Å². The van der Waals surface area contributed by atoms with Crippen molar-refractivity contribution in [1.82, 2.24) is 4.98 Å². The number of pyridine rings is 1. The Morgan fingerprint density at radius 1 is 1.24 bits per heavy atom. The lowest BCUT2D eigenvalue weighted by atomic mass is 10.3. The molecular formula is C12H10BrN3S. The maximum atomic E-state index is 7.49. The molecule has 0 saturated carbocycles. The second-order valence-electron chi connectivity index (χ2n) is 3.33. The van der Waals surface area contributed by atoms with Gasteiger partial charge in [0, 0.05) is 21.1 Å². The summed E-state index contributed by atoms with van der Waals surface area (Å²) in [5.41, 5.74) is 6.18. The summed E-state index contributed by atoms with van der Waals surface area (Å²) in [6.07, 6.45) is 1.70. The zero-order chi connectivity index (χ0) is 12.3. The Kier molecular flexibility index (Phi) is 3.81. The molecule has 0 aliphatic heterocycles. The standard InChI is InChI=1S/C12H10BrN3S/c13-8-3-5-9(6-4-8)17-12-10(11(14)15)2-1-7-16-12/h1-7H,(H3,14,15). The van der Waals surface area contributed by atoms with Crippen LogP contribution in [-0.4, -0.2) is 10.8 Å². The van der Waals surface area contributed by atoms with Gasteiger partial charge in [-0.05, 0) is 36.4 Å². The Morgan fingerprint density at radius 2 is 1.94 bits per heavy atom. The normalized spacial score (nSPS) is 10.2. The third-order valence-corrected chi connectivity index (χ3v) is 3.64. The minimum absolute atomic E-state index is 0.0395. The summed E-state index contributed by atoms with van der Waals surface area (Å²) in [6, 6.07) is 11.5. The van der Waals surface area contributed by atoms with E-state index in [1.165, 1.54) is 11.8 Å². The molecule has 17 heavy (non-hydrogen) atoms. The molecule has 0 spiro atoms. The van der Waals surface area contributed by atoms with Gasteiger partial charge in [0.05, 0.1) is 0 Å². The van der Waals surface area contributed by atoms with Crippen molar-refractivity contribution in [3.05, 3.63) is 52.6 Å². The number of hydrogen-bond donors (Lipinski definition) is 2. The Labute approximate surface area is 112 Å². The number of hydrogen-bond acceptors (Lipinski definition) is 3. The van der Waals surface area contributed by atoms with Crippen LogP contribution in [-0.2, 0) is 0 Å². The van der Waals surface area contributed by atoms with E-state index in [0.717, 1.165) is 14.4 Å². The lowest BCUT2D eigenvalue weighted by molar-refractivity contribution is 1.11. The first-order chi connectivity index (χ1) is 8.16. The topological polar surface area (TPSA) is 62.8 Å². The number of nitrogens with two attached hydrogens (primary N) is 1. The molecule has 0 aliphatic rings. The zero-order valence-electron chi connectivity index (χ0n) is 8.85. The van der Waals surface area contributed by atoms with Crippen LogP contribution in [0.15, 0.2) is 57.0 Å². The molecule has 0 saturated heterocycles. The third kappa shape index (κ3) is 3.08. The van der Waals surface area contributed by atoms with Gasteiger partial charge in [-0.25, -0.2) is 4.98 Å². The monoisotopic (exact) mass is 307 g/mol. The fraction of sp³-hybridized carbons (Fsp3) is 0. The van der Waals surface area contributed by atoms with Crippen LogP contribution in [0.25, 0.3) is 0 Å². The van der Waals surface area contributed by atoms with Crippen LogP contribution < -0.4 is 5.73 Å². The quantitative estimate of drug-likeness (QED) is 0.675. The molecule has 1 aromatic heterocycles. The fourth-order valence-corrected chi connectivity index (χ4v) is 2.45. The number of nitrogens with one attached hydrogen (secondary N) is 1. The fourth-order valence-electron chi connectivity index (χ4n) is 1.29. The van der Waals surface area contributed by atoms with E-state index >= 15 is 0 Å². The molecule has 2 aromatic rings. The van der Waals surface area contributed by atoms with Crippen molar-refractivity contribution in [3.63, 3.8) is 0 Å². The SMILES string of the molecule is N=C(N)c1cccnc1Sc1ccc(Br)cc1. The number of aromatic nitrogens is 1. The highest BCUT2D eigenvalue weighted by Crippen LogP contribution is 2.29. The van der Waals surface area contributed by atoms with Crippen LogP contribution in [0.4, 0.5) is 0 Å². The second kappa shape index (κ2) is 5.33. The number of halogens is 1. The summed E-state index contributed by atoms with van der Waals surface area (Å²) in [6.45, 7) is 0. The van der Waals surface area contributed by atoms with Crippen LogP contribution >= 0.6 is 27.7 Å². The number of rotatable bonds is 3. The molecule has 0 amide bonds. The first-order valence-corrected chi connectivity index (χ1v) is 6.50.